The van der Waals surface area contributed by atoms with Crippen molar-refractivity contribution in [1.29, 1.82) is 0 Å². The highest BCUT2D eigenvalue weighted by Gasteiger charge is 2.22. The fourth-order valence-electron chi connectivity index (χ4n) is 2.56. The number of carbonyl (C=O) groups excluding carboxylic acids is 1. The van der Waals surface area contributed by atoms with Gasteiger partial charge in [0, 0.05) is 6.54 Å². The third-order valence-corrected chi connectivity index (χ3v) is 4.06. The van der Waals surface area contributed by atoms with Gasteiger partial charge in [0.15, 0.2) is 0 Å². The van der Waals surface area contributed by atoms with Crippen LogP contribution in [0.2, 0.25) is 0 Å². The van der Waals surface area contributed by atoms with Crippen molar-refractivity contribution in [2.45, 2.75) is 32.4 Å². The van der Waals surface area contributed by atoms with E-state index in [1.807, 2.05) is 26.1 Å². The quantitative estimate of drug-likeness (QED) is 0.822. The Morgan fingerprint density at radius 1 is 1.55 bits per heavy atom. The number of furan rings is 1. The van der Waals surface area contributed by atoms with Crippen molar-refractivity contribution >= 4 is 5.91 Å². The number of piperidine rings is 1. The molecule has 0 spiro atoms. The molecule has 1 aromatic heterocycles. The molecule has 20 heavy (non-hydrogen) atoms. The molecule has 2 N–H and O–H groups in total. The van der Waals surface area contributed by atoms with E-state index in [0.717, 1.165) is 25.4 Å². The molecular weight excluding hydrogens is 254 g/mol. The van der Waals surface area contributed by atoms with Crippen LogP contribution in [0.15, 0.2) is 22.8 Å². The van der Waals surface area contributed by atoms with Crippen LogP contribution >= 0.6 is 0 Å². The molecule has 112 valence electrons. The summed E-state index contributed by atoms with van der Waals surface area (Å²) >= 11 is 0. The summed E-state index contributed by atoms with van der Waals surface area (Å²) in [6.07, 6.45) is 4.02. The van der Waals surface area contributed by atoms with Crippen molar-refractivity contribution in [3.05, 3.63) is 24.2 Å². The van der Waals surface area contributed by atoms with Crippen LogP contribution in [-0.4, -0.2) is 43.5 Å². The van der Waals surface area contributed by atoms with Crippen molar-refractivity contribution in [3.63, 3.8) is 0 Å². The SMILES string of the molecule is CC(C(=O)NCc1ccco1)N(C)CC1CCNCC1. The summed E-state index contributed by atoms with van der Waals surface area (Å²) in [5.74, 6) is 1.53. The zero-order valence-corrected chi connectivity index (χ0v) is 12.4. The molecule has 0 aliphatic carbocycles. The fraction of sp³-hybridized carbons (Fsp3) is 0.667. The Kier molecular flexibility index (Phi) is 5.61. The molecule has 1 fully saturated rings. The lowest BCUT2D eigenvalue weighted by atomic mass is 9.97. The van der Waals surface area contributed by atoms with Gasteiger partial charge in [-0.1, -0.05) is 0 Å². The van der Waals surface area contributed by atoms with Crippen LogP contribution in [0.3, 0.4) is 0 Å². The lowest BCUT2D eigenvalue weighted by Crippen LogP contribution is -2.45. The summed E-state index contributed by atoms with van der Waals surface area (Å²) in [7, 11) is 2.03. The van der Waals surface area contributed by atoms with Gasteiger partial charge in [0.1, 0.15) is 5.76 Å². The molecule has 0 saturated carbocycles. The van der Waals surface area contributed by atoms with E-state index in [2.05, 4.69) is 15.5 Å². The first-order valence-electron chi connectivity index (χ1n) is 7.38. The van der Waals surface area contributed by atoms with Crippen LogP contribution in [0.5, 0.6) is 0 Å². The van der Waals surface area contributed by atoms with Crippen LogP contribution in [-0.2, 0) is 11.3 Å². The number of amides is 1. The number of likely N-dealkylation sites (N-methyl/N-ethyl adjacent to an activating group) is 1. The van der Waals surface area contributed by atoms with E-state index in [1.54, 1.807) is 6.26 Å². The van der Waals surface area contributed by atoms with Crippen LogP contribution < -0.4 is 10.6 Å². The highest BCUT2D eigenvalue weighted by atomic mass is 16.3. The lowest BCUT2D eigenvalue weighted by Gasteiger charge is -2.30. The first kappa shape index (κ1) is 15.1. The van der Waals surface area contributed by atoms with Crippen LogP contribution in [0.25, 0.3) is 0 Å². The Morgan fingerprint density at radius 2 is 2.30 bits per heavy atom. The topological polar surface area (TPSA) is 57.5 Å². The summed E-state index contributed by atoms with van der Waals surface area (Å²) in [6.45, 7) is 5.59. The largest absolute Gasteiger partial charge is 0.467 e. The molecule has 0 bridgehead atoms. The van der Waals surface area contributed by atoms with Crippen molar-refractivity contribution in [1.82, 2.24) is 15.5 Å². The van der Waals surface area contributed by atoms with E-state index >= 15 is 0 Å². The fourth-order valence-corrected chi connectivity index (χ4v) is 2.56. The lowest BCUT2D eigenvalue weighted by molar-refractivity contribution is -0.125. The minimum absolute atomic E-state index is 0.0536. The van der Waals surface area contributed by atoms with Crippen LogP contribution in [0, 0.1) is 5.92 Å². The Hall–Kier alpha value is -1.33. The maximum absolute atomic E-state index is 12.1. The van der Waals surface area contributed by atoms with E-state index in [-0.39, 0.29) is 11.9 Å². The van der Waals surface area contributed by atoms with Crippen molar-refractivity contribution < 1.29 is 9.21 Å². The smallest absolute Gasteiger partial charge is 0.237 e. The van der Waals surface area contributed by atoms with Crippen molar-refractivity contribution in [2.75, 3.05) is 26.7 Å². The monoisotopic (exact) mass is 279 g/mol. The van der Waals surface area contributed by atoms with E-state index in [0.29, 0.717) is 12.5 Å². The number of carbonyl (C=O) groups is 1. The molecule has 1 aliphatic rings. The molecule has 5 heteroatoms. The molecule has 1 aliphatic heterocycles. The molecule has 1 atom stereocenters. The molecule has 1 amide bonds. The van der Waals surface area contributed by atoms with Crippen molar-refractivity contribution in [3.8, 4) is 0 Å². The van der Waals surface area contributed by atoms with E-state index in [9.17, 15) is 4.79 Å². The molecule has 2 rings (SSSR count). The zero-order valence-electron chi connectivity index (χ0n) is 12.4. The minimum atomic E-state index is -0.111. The molecule has 1 unspecified atom stereocenters. The molecule has 1 aromatic rings. The predicted molar refractivity (Wildman–Crippen MR) is 78.2 cm³/mol. The van der Waals surface area contributed by atoms with Gasteiger partial charge < -0.3 is 15.1 Å². The summed E-state index contributed by atoms with van der Waals surface area (Å²) < 4.78 is 5.21. The molecule has 2 heterocycles. The summed E-state index contributed by atoms with van der Waals surface area (Å²) in [6, 6.07) is 3.58. The van der Waals surface area contributed by atoms with Gasteiger partial charge in [0.05, 0.1) is 18.8 Å². The Bertz CT molecular complexity index is 399. The summed E-state index contributed by atoms with van der Waals surface area (Å²) in [5.41, 5.74) is 0. The molecular formula is C15H25N3O2. The maximum Gasteiger partial charge on any atom is 0.237 e. The Balaban J connectivity index is 1.73. The third-order valence-electron chi connectivity index (χ3n) is 4.06. The van der Waals surface area contributed by atoms with Crippen LogP contribution in [0.1, 0.15) is 25.5 Å². The number of nitrogens with one attached hydrogen (secondary N) is 2. The second kappa shape index (κ2) is 7.45. The van der Waals surface area contributed by atoms with Gasteiger partial charge in [0.25, 0.3) is 0 Å². The van der Waals surface area contributed by atoms with Gasteiger partial charge in [-0.25, -0.2) is 0 Å². The molecule has 0 radical (unpaired) electrons. The predicted octanol–water partition coefficient (Wildman–Crippen LogP) is 1.22. The van der Waals surface area contributed by atoms with E-state index < -0.39 is 0 Å². The molecule has 5 nitrogen and oxygen atoms in total. The third kappa shape index (κ3) is 4.35. The number of rotatable bonds is 6. The van der Waals surface area contributed by atoms with E-state index in [4.69, 9.17) is 4.42 Å². The second-order valence-electron chi connectivity index (χ2n) is 5.61. The highest BCUT2D eigenvalue weighted by Crippen LogP contribution is 2.14. The van der Waals surface area contributed by atoms with Crippen molar-refractivity contribution in [2.24, 2.45) is 5.92 Å². The molecule has 1 saturated heterocycles. The van der Waals surface area contributed by atoms with Gasteiger partial charge in [-0.15, -0.1) is 0 Å². The minimum Gasteiger partial charge on any atom is -0.467 e. The first-order valence-corrected chi connectivity index (χ1v) is 7.38. The van der Waals surface area contributed by atoms with Gasteiger partial charge >= 0.3 is 0 Å². The molecule has 0 aromatic carbocycles. The average molecular weight is 279 g/mol. The highest BCUT2D eigenvalue weighted by molar-refractivity contribution is 5.81. The van der Waals surface area contributed by atoms with Gasteiger partial charge in [-0.2, -0.15) is 0 Å². The number of nitrogens with zero attached hydrogens (tertiary/aromatic N) is 1. The number of hydrogen-bond acceptors (Lipinski definition) is 4. The number of hydrogen-bond donors (Lipinski definition) is 2. The van der Waals surface area contributed by atoms with Gasteiger partial charge in [-0.3, -0.25) is 9.69 Å². The Morgan fingerprint density at radius 3 is 2.95 bits per heavy atom. The average Bonchev–Trinajstić information content (AvgIpc) is 2.98. The van der Waals surface area contributed by atoms with Crippen LogP contribution in [0.4, 0.5) is 0 Å². The zero-order chi connectivity index (χ0) is 14.4. The normalized spacial score (nSPS) is 18.1. The van der Waals surface area contributed by atoms with Gasteiger partial charge in [0.2, 0.25) is 5.91 Å². The standard InChI is InChI=1S/C15H25N3O2/c1-12(15(19)17-10-14-4-3-9-20-14)18(2)11-13-5-7-16-8-6-13/h3-4,9,12-13,16H,5-8,10-11H2,1-2H3,(H,17,19). The maximum atomic E-state index is 12.1. The Labute approximate surface area is 120 Å². The second-order valence-corrected chi connectivity index (χ2v) is 5.61. The summed E-state index contributed by atoms with van der Waals surface area (Å²) in [5, 5.41) is 6.28. The van der Waals surface area contributed by atoms with Gasteiger partial charge in [-0.05, 0) is 58.0 Å². The first-order chi connectivity index (χ1) is 9.66. The summed E-state index contributed by atoms with van der Waals surface area (Å²) in [4.78, 5) is 14.3. The van der Waals surface area contributed by atoms with E-state index in [1.165, 1.54) is 12.8 Å².